The second kappa shape index (κ2) is 2.96. The summed E-state index contributed by atoms with van der Waals surface area (Å²) < 4.78 is 0. The lowest BCUT2D eigenvalue weighted by Gasteiger charge is -2.01. The highest BCUT2D eigenvalue weighted by Crippen LogP contribution is 2.23. The van der Waals surface area contributed by atoms with E-state index in [4.69, 9.17) is 11.6 Å². The largest absolute Gasteiger partial charge is 0.239 e. The number of H-pyrrole nitrogens is 1. The molecule has 13 heavy (non-hydrogen) atoms. The number of halogens is 1. The number of aromatic amines is 1. The van der Waals surface area contributed by atoms with Crippen molar-refractivity contribution >= 4 is 22.6 Å². The highest BCUT2D eigenvalue weighted by atomic mass is 35.5. The maximum atomic E-state index is 5.97. The summed E-state index contributed by atoms with van der Waals surface area (Å²) in [6, 6.07) is 0. The van der Waals surface area contributed by atoms with Gasteiger partial charge in [0, 0.05) is 5.56 Å². The number of hydrogen-bond acceptors (Lipinski definition) is 3. The van der Waals surface area contributed by atoms with Crippen LogP contribution in [-0.2, 0) is 6.42 Å². The van der Waals surface area contributed by atoms with E-state index in [1.165, 1.54) is 0 Å². The lowest BCUT2D eigenvalue weighted by molar-refractivity contribution is 0.955. The molecule has 2 aromatic rings. The first-order valence-corrected chi connectivity index (χ1v) is 4.47. The zero-order valence-corrected chi connectivity index (χ0v) is 8.18. The van der Waals surface area contributed by atoms with Crippen molar-refractivity contribution in [1.82, 2.24) is 20.4 Å². The first-order valence-electron chi connectivity index (χ1n) is 4.09. The fourth-order valence-corrected chi connectivity index (χ4v) is 1.72. The van der Waals surface area contributed by atoms with E-state index in [2.05, 4.69) is 20.4 Å². The molecule has 0 bridgehead atoms. The van der Waals surface area contributed by atoms with E-state index in [-0.39, 0.29) is 0 Å². The molecule has 0 saturated heterocycles. The maximum absolute atomic E-state index is 5.97. The molecule has 0 unspecified atom stereocenters. The molecule has 0 aliphatic carbocycles. The minimum absolute atomic E-state index is 0.529. The maximum Gasteiger partial charge on any atom is 0.134 e. The molecule has 0 atom stereocenters. The van der Waals surface area contributed by atoms with Crippen molar-refractivity contribution in [1.29, 1.82) is 0 Å². The summed E-state index contributed by atoms with van der Waals surface area (Å²) in [6.45, 7) is 3.89. The number of nitrogens with one attached hydrogen (secondary N) is 1. The van der Waals surface area contributed by atoms with E-state index in [1.807, 2.05) is 13.8 Å². The van der Waals surface area contributed by atoms with Crippen LogP contribution in [0.4, 0.5) is 0 Å². The average molecular weight is 197 g/mol. The van der Waals surface area contributed by atoms with Gasteiger partial charge in [0.05, 0.1) is 5.69 Å². The molecule has 0 radical (unpaired) electrons. The van der Waals surface area contributed by atoms with E-state index in [0.29, 0.717) is 5.15 Å². The van der Waals surface area contributed by atoms with E-state index in [1.54, 1.807) is 0 Å². The minimum Gasteiger partial charge on any atom is -0.239 e. The molecule has 0 aliphatic rings. The van der Waals surface area contributed by atoms with Crippen LogP contribution in [0.1, 0.15) is 18.2 Å². The van der Waals surface area contributed by atoms with Crippen LogP contribution in [0.2, 0.25) is 5.15 Å². The van der Waals surface area contributed by atoms with E-state index in [9.17, 15) is 0 Å². The Morgan fingerprint density at radius 2 is 2.00 bits per heavy atom. The molecule has 0 saturated carbocycles. The SMILES string of the molecule is CCc1c(Cl)nc(C)c2n[nH]nc12. The molecule has 68 valence electrons. The van der Waals surface area contributed by atoms with Gasteiger partial charge in [-0.05, 0) is 13.3 Å². The van der Waals surface area contributed by atoms with Crippen molar-refractivity contribution in [3.8, 4) is 0 Å². The minimum atomic E-state index is 0.529. The molecule has 0 spiro atoms. The Hall–Kier alpha value is -1.16. The lowest BCUT2D eigenvalue weighted by atomic mass is 10.2. The van der Waals surface area contributed by atoms with Crippen LogP contribution < -0.4 is 0 Å². The van der Waals surface area contributed by atoms with Gasteiger partial charge in [-0.15, -0.1) is 0 Å². The van der Waals surface area contributed by atoms with Crippen molar-refractivity contribution < 1.29 is 0 Å². The summed E-state index contributed by atoms with van der Waals surface area (Å²) in [4.78, 5) is 4.19. The smallest absolute Gasteiger partial charge is 0.134 e. The van der Waals surface area contributed by atoms with Crippen LogP contribution >= 0.6 is 11.6 Å². The summed E-state index contributed by atoms with van der Waals surface area (Å²) in [5.74, 6) is 0. The molecule has 2 aromatic heterocycles. The molecule has 2 rings (SSSR count). The molecule has 0 fully saturated rings. The highest BCUT2D eigenvalue weighted by Gasteiger charge is 2.11. The van der Waals surface area contributed by atoms with Gasteiger partial charge in [-0.1, -0.05) is 18.5 Å². The Labute approximate surface area is 80.3 Å². The zero-order chi connectivity index (χ0) is 9.42. The normalized spacial score (nSPS) is 11.0. The molecule has 2 heterocycles. The van der Waals surface area contributed by atoms with Gasteiger partial charge in [0.1, 0.15) is 16.2 Å². The summed E-state index contributed by atoms with van der Waals surface area (Å²) in [5, 5.41) is 11.2. The van der Waals surface area contributed by atoms with Gasteiger partial charge in [-0.3, -0.25) is 0 Å². The summed E-state index contributed by atoms with van der Waals surface area (Å²) in [5.41, 5.74) is 3.41. The van der Waals surface area contributed by atoms with Crippen LogP contribution in [0.25, 0.3) is 11.0 Å². The molecule has 4 nitrogen and oxygen atoms in total. The predicted molar refractivity (Wildman–Crippen MR) is 50.8 cm³/mol. The number of aromatic nitrogens is 4. The van der Waals surface area contributed by atoms with Crippen molar-refractivity contribution in [3.63, 3.8) is 0 Å². The predicted octanol–water partition coefficient (Wildman–Crippen LogP) is 1.88. The second-order valence-corrected chi connectivity index (χ2v) is 3.20. The summed E-state index contributed by atoms with van der Waals surface area (Å²) >= 11 is 5.97. The van der Waals surface area contributed by atoms with Gasteiger partial charge in [0.25, 0.3) is 0 Å². The Bertz CT molecular complexity index is 449. The average Bonchev–Trinajstić information content (AvgIpc) is 2.53. The number of pyridine rings is 1. The lowest BCUT2D eigenvalue weighted by Crippen LogP contribution is -1.92. The second-order valence-electron chi connectivity index (χ2n) is 2.84. The third-order valence-corrected chi connectivity index (χ3v) is 2.36. The van der Waals surface area contributed by atoms with Crippen molar-refractivity contribution in [2.75, 3.05) is 0 Å². The monoisotopic (exact) mass is 196 g/mol. The Balaban J connectivity index is 2.88. The molecule has 0 aromatic carbocycles. The van der Waals surface area contributed by atoms with Gasteiger partial charge < -0.3 is 0 Å². The first kappa shape index (κ1) is 8.44. The van der Waals surface area contributed by atoms with Gasteiger partial charge in [0.15, 0.2) is 0 Å². The van der Waals surface area contributed by atoms with Crippen molar-refractivity contribution in [2.45, 2.75) is 20.3 Å². The topological polar surface area (TPSA) is 54.5 Å². The molecule has 1 N–H and O–H groups in total. The number of fused-ring (bicyclic) bond motifs is 1. The van der Waals surface area contributed by atoms with Crippen LogP contribution in [-0.4, -0.2) is 20.4 Å². The zero-order valence-electron chi connectivity index (χ0n) is 7.43. The van der Waals surface area contributed by atoms with E-state index in [0.717, 1.165) is 28.7 Å². The quantitative estimate of drug-likeness (QED) is 0.709. The first-order chi connectivity index (χ1) is 6.24. The van der Waals surface area contributed by atoms with Crippen LogP contribution in [0, 0.1) is 6.92 Å². The van der Waals surface area contributed by atoms with Gasteiger partial charge in [0.2, 0.25) is 0 Å². The molecule has 0 aliphatic heterocycles. The number of aryl methyl sites for hydroxylation is 2. The third-order valence-electron chi connectivity index (χ3n) is 2.04. The van der Waals surface area contributed by atoms with Gasteiger partial charge >= 0.3 is 0 Å². The van der Waals surface area contributed by atoms with Crippen LogP contribution in [0.3, 0.4) is 0 Å². The third kappa shape index (κ3) is 1.18. The number of hydrogen-bond donors (Lipinski definition) is 1. The summed E-state index contributed by atoms with van der Waals surface area (Å²) in [6.07, 6.45) is 0.815. The standard InChI is InChI=1S/C8H9ClN4/c1-3-5-7-6(11-13-12-7)4(2)10-8(5)9/h3H2,1-2H3,(H,11,12,13). The van der Waals surface area contributed by atoms with Crippen molar-refractivity contribution in [2.24, 2.45) is 0 Å². The highest BCUT2D eigenvalue weighted by molar-refractivity contribution is 6.31. The van der Waals surface area contributed by atoms with Crippen LogP contribution in [0.5, 0.6) is 0 Å². The molecule has 5 heteroatoms. The fraction of sp³-hybridized carbons (Fsp3) is 0.375. The summed E-state index contributed by atoms with van der Waals surface area (Å²) in [7, 11) is 0. The molecular formula is C8H9ClN4. The van der Waals surface area contributed by atoms with Crippen LogP contribution in [0.15, 0.2) is 0 Å². The van der Waals surface area contributed by atoms with Gasteiger partial charge in [-0.25, -0.2) is 4.98 Å². The molecule has 0 amide bonds. The number of nitrogens with zero attached hydrogens (tertiary/aromatic N) is 3. The van der Waals surface area contributed by atoms with Gasteiger partial charge in [-0.2, -0.15) is 15.4 Å². The van der Waals surface area contributed by atoms with E-state index >= 15 is 0 Å². The Morgan fingerprint density at radius 3 is 2.69 bits per heavy atom. The Kier molecular flexibility index (Phi) is 1.92. The molecular weight excluding hydrogens is 188 g/mol. The Morgan fingerprint density at radius 1 is 1.31 bits per heavy atom. The fourth-order valence-electron chi connectivity index (χ4n) is 1.37. The number of rotatable bonds is 1. The van der Waals surface area contributed by atoms with Crippen molar-refractivity contribution in [3.05, 3.63) is 16.4 Å². The van der Waals surface area contributed by atoms with E-state index < -0.39 is 0 Å².